The van der Waals surface area contributed by atoms with Crippen molar-refractivity contribution in [2.45, 2.75) is 27.7 Å². The number of hydrogen-bond donors (Lipinski definition) is 0. The van der Waals surface area contributed by atoms with Gasteiger partial charge in [0.15, 0.2) is 0 Å². The van der Waals surface area contributed by atoms with Crippen LogP contribution in [0.1, 0.15) is 27.7 Å². The molecule has 0 saturated carbocycles. The number of nitrogens with zero attached hydrogens (tertiary/aromatic N) is 2. The van der Waals surface area contributed by atoms with Crippen molar-refractivity contribution in [3.8, 4) is 0 Å². The molecule has 0 aromatic carbocycles. The lowest BCUT2D eigenvalue weighted by molar-refractivity contribution is 0.884. The fourth-order valence-electron chi connectivity index (χ4n) is 1.15. The SMILES string of the molecule is C\C=C/C=C(C)/C(=N\C=N/C)C(C)C. The van der Waals surface area contributed by atoms with Gasteiger partial charge in [-0.3, -0.25) is 4.99 Å². The molecule has 0 fully saturated rings. The van der Waals surface area contributed by atoms with Crippen molar-refractivity contribution in [2.75, 3.05) is 7.05 Å². The summed E-state index contributed by atoms with van der Waals surface area (Å²) in [6.07, 6.45) is 7.70. The molecule has 0 heterocycles. The summed E-state index contributed by atoms with van der Waals surface area (Å²) in [4.78, 5) is 8.18. The van der Waals surface area contributed by atoms with E-state index in [0.29, 0.717) is 5.92 Å². The average Bonchev–Trinajstić information content (AvgIpc) is 2.14. The fourth-order valence-corrected chi connectivity index (χ4v) is 1.15. The lowest BCUT2D eigenvalue weighted by Crippen LogP contribution is -2.09. The van der Waals surface area contributed by atoms with E-state index >= 15 is 0 Å². The molecule has 0 atom stereocenters. The number of rotatable bonds is 4. The molecular formula is C12H20N2. The predicted octanol–water partition coefficient (Wildman–Crippen LogP) is 3.26. The first-order valence-electron chi connectivity index (χ1n) is 4.91. The molecule has 0 aliphatic rings. The minimum absolute atomic E-state index is 0.425. The van der Waals surface area contributed by atoms with Crippen LogP contribution in [0.5, 0.6) is 0 Å². The Labute approximate surface area is 87.2 Å². The second-order valence-corrected chi connectivity index (χ2v) is 3.42. The summed E-state index contributed by atoms with van der Waals surface area (Å²) >= 11 is 0. The van der Waals surface area contributed by atoms with E-state index in [1.165, 1.54) is 5.57 Å². The summed E-state index contributed by atoms with van der Waals surface area (Å²) in [5.41, 5.74) is 2.28. The third-order valence-corrected chi connectivity index (χ3v) is 1.80. The van der Waals surface area contributed by atoms with Crippen LogP contribution >= 0.6 is 0 Å². The van der Waals surface area contributed by atoms with Crippen LogP contribution in [0.15, 0.2) is 33.8 Å². The molecule has 0 aliphatic carbocycles. The summed E-state index contributed by atoms with van der Waals surface area (Å²) < 4.78 is 0. The Kier molecular flexibility index (Phi) is 6.63. The first kappa shape index (κ1) is 12.8. The molecule has 0 rings (SSSR count). The lowest BCUT2D eigenvalue weighted by atomic mass is 10.0. The van der Waals surface area contributed by atoms with Crippen molar-refractivity contribution >= 4 is 12.1 Å². The van der Waals surface area contributed by atoms with Gasteiger partial charge in [-0.15, -0.1) is 0 Å². The Morgan fingerprint density at radius 3 is 2.36 bits per heavy atom. The highest BCUT2D eigenvalue weighted by Gasteiger charge is 2.05. The van der Waals surface area contributed by atoms with Gasteiger partial charge >= 0.3 is 0 Å². The minimum Gasteiger partial charge on any atom is -0.277 e. The fraction of sp³-hybridized carbons (Fsp3) is 0.500. The van der Waals surface area contributed by atoms with E-state index in [2.05, 4.69) is 36.8 Å². The van der Waals surface area contributed by atoms with Crippen molar-refractivity contribution in [1.29, 1.82) is 0 Å². The summed E-state index contributed by atoms with van der Waals surface area (Å²) in [7, 11) is 1.73. The van der Waals surface area contributed by atoms with Gasteiger partial charge in [-0.25, -0.2) is 4.99 Å². The minimum atomic E-state index is 0.425. The molecule has 0 radical (unpaired) electrons. The molecule has 0 amide bonds. The summed E-state index contributed by atoms with van der Waals surface area (Å²) in [5.74, 6) is 0.425. The Hall–Kier alpha value is -1.18. The maximum atomic E-state index is 4.32. The third-order valence-electron chi connectivity index (χ3n) is 1.80. The van der Waals surface area contributed by atoms with Crippen LogP contribution in [0, 0.1) is 5.92 Å². The first-order chi connectivity index (χ1) is 6.63. The molecule has 78 valence electrons. The van der Waals surface area contributed by atoms with E-state index in [-0.39, 0.29) is 0 Å². The molecule has 0 saturated heterocycles. The van der Waals surface area contributed by atoms with Gasteiger partial charge in [-0.2, -0.15) is 0 Å². The summed E-state index contributed by atoms with van der Waals surface area (Å²) in [6, 6.07) is 0. The van der Waals surface area contributed by atoms with Crippen molar-refractivity contribution in [3.05, 3.63) is 23.8 Å². The van der Waals surface area contributed by atoms with Gasteiger partial charge in [-0.05, 0) is 25.3 Å². The molecule has 0 unspecified atom stereocenters. The van der Waals surface area contributed by atoms with E-state index in [9.17, 15) is 0 Å². The van der Waals surface area contributed by atoms with Gasteiger partial charge in [0.1, 0.15) is 6.34 Å². The van der Waals surface area contributed by atoms with Crippen LogP contribution < -0.4 is 0 Å². The van der Waals surface area contributed by atoms with E-state index in [0.717, 1.165) is 5.71 Å². The highest BCUT2D eigenvalue weighted by atomic mass is 14.8. The smallest absolute Gasteiger partial charge is 0.109 e. The zero-order valence-electron chi connectivity index (χ0n) is 9.78. The highest BCUT2D eigenvalue weighted by Crippen LogP contribution is 2.07. The van der Waals surface area contributed by atoms with Crippen LogP contribution in [-0.4, -0.2) is 19.1 Å². The molecule has 0 aromatic rings. The molecular weight excluding hydrogens is 172 g/mol. The molecule has 0 aliphatic heterocycles. The lowest BCUT2D eigenvalue weighted by Gasteiger charge is -2.08. The van der Waals surface area contributed by atoms with Crippen molar-refractivity contribution in [3.63, 3.8) is 0 Å². The zero-order chi connectivity index (χ0) is 11.0. The van der Waals surface area contributed by atoms with E-state index in [1.54, 1.807) is 13.4 Å². The Morgan fingerprint density at radius 1 is 1.29 bits per heavy atom. The maximum absolute atomic E-state index is 4.32. The second kappa shape index (κ2) is 7.25. The van der Waals surface area contributed by atoms with Gasteiger partial charge in [-0.1, -0.05) is 32.1 Å². The molecule has 0 N–H and O–H groups in total. The monoisotopic (exact) mass is 192 g/mol. The van der Waals surface area contributed by atoms with Crippen LogP contribution in [0.4, 0.5) is 0 Å². The topological polar surface area (TPSA) is 24.7 Å². The molecule has 0 spiro atoms. The van der Waals surface area contributed by atoms with Crippen LogP contribution in [0.3, 0.4) is 0 Å². The molecule has 2 heteroatoms. The number of allylic oxidation sites excluding steroid dienone is 4. The van der Waals surface area contributed by atoms with Crippen LogP contribution in [0.25, 0.3) is 0 Å². The summed E-state index contributed by atoms with van der Waals surface area (Å²) in [5, 5.41) is 0. The molecule has 2 nitrogen and oxygen atoms in total. The number of aliphatic imine (C=N–C) groups is 2. The van der Waals surface area contributed by atoms with Gasteiger partial charge in [0.05, 0.1) is 0 Å². The van der Waals surface area contributed by atoms with Gasteiger partial charge < -0.3 is 0 Å². The van der Waals surface area contributed by atoms with Crippen LogP contribution in [-0.2, 0) is 0 Å². The van der Waals surface area contributed by atoms with Gasteiger partial charge in [0.25, 0.3) is 0 Å². The number of hydrogen-bond acceptors (Lipinski definition) is 1. The first-order valence-corrected chi connectivity index (χ1v) is 4.91. The molecule has 0 aromatic heterocycles. The standard InChI is InChI=1S/C12H20N2/c1-6-7-8-11(4)12(10(2)3)14-9-13-5/h6-10H,1-5H3/b7-6-,11-8+,13-9-,14-12-. The third kappa shape index (κ3) is 4.75. The highest BCUT2D eigenvalue weighted by molar-refractivity contribution is 6.04. The van der Waals surface area contributed by atoms with E-state index in [1.807, 2.05) is 19.1 Å². The van der Waals surface area contributed by atoms with Crippen molar-refractivity contribution in [2.24, 2.45) is 15.9 Å². The summed E-state index contributed by atoms with van der Waals surface area (Å²) in [6.45, 7) is 8.34. The van der Waals surface area contributed by atoms with Crippen molar-refractivity contribution < 1.29 is 0 Å². The quantitative estimate of drug-likeness (QED) is 0.371. The molecule has 14 heavy (non-hydrogen) atoms. The molecule has 0 bridgehead atoms. The maximum Gasteiger partial charge on any atom is 0.109 e. The Balaban J connectivity index is 4.83. The largest absolute Gasteiger partial charge is 0.277 e. The Morgan fingerprint density at radius 2 is 1.93 bits per heavy atom. The van der Waals surface area contributed by atoms with Crippen molar-refractivity contribution in [1.82, 2.24) is 0 Å². The zero-order valence-corrected chi connectivity index (χ0v) is 9.78. The van der Waals surface area contributed by atoms with E-state index in [4.69, 9.17) is 0 Å². The van der Waals surface area contributed by atoms with Crippen LogP contribution in [0.2, 0.25) is 0 Å². The Bertz CT molecular complexity index is 268. The predicted molar refractivity (Wildman–Crippen MR) is 65.3 cm³/mol. The normalized spacial score (nSPS) is 15.0. The van der Waals surface area contributed by atoms with E-state index < -0.39 is 0 Å². The second-order valence-electron chi connectivity index (χ2n) is 3.42. The van der Waals surface area contributed by atoms with Gasteiger partial charge in [0.2, 0.25) is 0 Å². The van der Waals surface area contributed by atoms with Gasteiger partial charge in [0, 0.05) is 12.8 Å². The average molecular weight is 192 g/mol.